The summed E-state index contributed by atoms with van der Waals surface area (Å²) in [5.41, 5.74) is 17.0. The summed E-state index contributed by atoms with van der Waals surface area (Å²) < 4.78 is 9.98. The van der Waals surface area contributed by atoms with Crippen molar-refractivity contribution >= 4 is 31.7 Å². The Kier molecular flexibility index (Phi) is 14.9. The molecule has 0 radical (unpaired) electrons. The number of imidazole rings is 2. The molecule has 4 nitrogen and oxygen atoms in total. The molecule has 0 aliphatic carbocycles. The van der Waals surface area contributed by atoms with Crippen molar-refractivity contribution in [3.63, 3.8) is 0 Å². The minimum Gasteiger partial charge on any atom is -0.297 e. The van der Waals surface area contributed by atoms with Gasteiger partial charge in [-0.25, -0.2) is 0 Å². The highest BCUT2D eigenvalue weighted by Gasteiger charge is 2.34. The molecule has 0 bridgehead atoms. The number of para-hydroxylation sites is 4. The standard InChI is InChI=1S/C54H72ClN4P2/c1-33(2)41-21-17-22-42(34(3)4)49(41)56-29-30-57(50-43(35(5)6)23-18-24-44(50)36(7)8)53(56)60-61(55)54-58(51-45(37(9)10)25-19-26-46(51)38(11)12)31-32-59(54)52-47(39(13)14)27-20-28-48(52)40(15)16/h17-40H,1-16H3/q+1. The Morgan fingerprint density at radius 2 is 0.689 bits per heavy atom. The Labute approximate surface area is 376 Å². The second kappa shape index (κ2) is 19.4. The smallest absolute Gasteiger partial charge is 0.297 e. The molecule has 324 valence electrons. The molecule has 2 heterocycles. The quantitative estimate of drug-likeness (QED) is 0.0767. The van der Waals surface area contributed by atoms with Gasteiger partial charge in [0, 0.05) is 42.5 Å². The van der Waals surface area contributed by atoms with E-state index < -0.39 is 6.96 Å². The maximum atomic E-state index is 8.39. The number of nitrogens with zero attached hydrogens (tertiary/aromatic N) is 4. The van der Waals surface area contributed by atoms with Gasteiger partial charge in [0.05, 0.1) is 11.4 Å². The lowest BCUT2D eigenvalue weighted by atomic mass is 9.92. The fourth-order valence-corrected chi connectivity index (χ4v) is 13.5. The molecule has 0 aliphatic rings. The zero-order valence-corrected chi connectivity index (χ0v) is 42.5. The van der Waals surface area contributed by atoms with Crippen molar-refractivity contribution in [2.45, 2.75) is 158 Å². The Balaban J connectivity index is 1.84. The molecule has 2 aromatic heterocycles. The van der Waals surface area contributed by atoms with Crippen LogP contribution in [0.1, 0.15) is 203 Å². The van der Waals surface area contributed by atoms with Crippen LogP contribution in [0.4, 0.5) is 0 Å². The van der Waals surface area contributed by atoms with Crippen LogP contribution in [0, 0.1) is 5.20 Å². The molecule has 0 saturated carbocycles. The summed E-state index contributed by atoms with van der Waals surface area (Å²) in [6.07, 6.45) is 9.25. The van der Waals surface area contributed by atoms with Gasteiger partial charge in [-0.15, -0.1) is 0 Å². The molecule has 6 aromatic rings. The third kappa shape index (κ3) is 9.21. The van der Waals surface area contributed by atoms with Gasteiger partial charge in [-0.1, -0.05) is 195 Å². The van der Waals surface area contributed by atoms with Crippen molar-refractivity contribution in [1.82, 2.24) is 13.7 Å². The summed E-state index contributed by atoms with van der Waals surface area (Å²) >= 11 is 8.39. The summed E-state index contributed by atoms with van der Waals surface area (Å²) in [6.45, 7) is 35.8. The predicted octanol–water partition coefficient (Wildman–Crippen LogP) is 16.7. The summed E-state index contributed by atoms with van der Waals surface area (Å²) in [5, 5.41) is 1.17. The molecule has 0 N–H and O–H groups in total. The van der Waals surface area contributed by atoms with Gasteiger partial charge in [0.1, 0.15) is 23.8 Å². The molecule has 7 heteroatoms. The van der Waals surface area contributed by atoms with E-state index in [2.05, 4.69) is 227 Å². The van der Waals surface area contributed by atoms with Crippen LogP contribution in [0.25, 0.3) is 22.7 Å². The highest BCUT2D eigenvalue weighted by Crippen LogP contribution is 2.55. The molecule has 0 saturated heterocycles. The van der Waals surface area contributed by atoms with Crippen LogP contribution in [0.2, 0.25) is 0 Å². The van der Waals surface area contributed by atoms with E-state index in [1.165, 1.54) is 72.5 Å². The van der Waals surface area contributed by atoms with E-state index in [-0.39, 0.29) is 0 Å². The number of hydrogen-bond acceptors (Lipinski definition) is 0. The maximum Gasteiger partial charge on any atom is 0.311 e. The predicted molar refractivity (Wildman–Crippen MR) is 268 cm³/mol. The minimum atomic E-state index is -1.39. The second-order valence-electron chi connectivity index (χ2n) is 19.4. The van der Waals surface area contributed by atoms with Crippen molar-refractivity contribution in [2.75, 3.05) is 0 Å². The first-order valence-corrected chi connectivity index (χ1v) is 26.7. The topological polar surface area (TPSA) is 18.7 Å². The lowest BCUT2D eigenvalue weighted by Gasteiger charge is -2.23. The van der Waals surface area contributed by atoms with Crippen LogP contribution in [0.5, 0.6) is 0 Å². The molecule has 0 spiro atoms. The van der Waals surface area contributed by atoms with Crippen molar-refractivity contribution in [1.29, 1.82) is 0 Å². The second-order valence-corrected chi connectivity index (χ2v) is 24.5. The monoisotopic (exact) mass is 873 g/mol. The van der Waals surface area contributed by atoms with Crippen LogP contribution in [0.15, 0.2) is 97.6 Å². The van der Waals surface area contributed by atoms with E-state index >= 15 is 0 Å². The lowest BCUT2D eigenvalue weighted by Crippen LogP contribution is -2.46. The normalized spacial score (nSPS) is 12.9. The van der Waals surface area contributed by atoms with Gasteiger partial charge in [-0.2, -0.15) is 9.13 Å². The summed E-state index contributed by atoms with van der Waals surface area (Å²) in [4.78, 5) is 0. The van der Waals surface area contributed by atoms with Crippen molar-refractivity contribution in [3.8, 4) is 22.7 Å². The van der Waals surface area contributed by atoms with Crippen LogP contribution < -0.4 is 10.1 Å². The van der Waals surface area contributed by atoms with Gasteiger partial charge in [0.15, 0.2) is 12.2 Å². The van der Waals surface area contributed by atoms with Crippen LogP contribution in [-0.4, -0.2) is 13.7 Å². The molecule has 6 rings (SSSR count). The van der Waals surface area contributed by atoms with E-state index in [1.54, 1.807) is 0 Å². The molecular formula is C54H72ClN4P2+. The van der Waals surface area contributed by atoms with Crippen molar-refractivity contribution < 1.29 is 4.57 Å². The van der Waals surface area contributed by atoms with Gasteiger partial charge in [-0.05, 0) is 69.6 Å². The summed E-state index contributed by atoms with van der Waals surface area (Å²) in [7, 11) is 1.04. The zero-order valence-electron chi connectivity index (χ0n) is 39.9. The molecule has 4 aromatic carbocycles. The first-order valence-electron chi connectivity index (χ1n) is 22.8. The lowest BCUT2D eigenvalue weighted by molar-refractivity contribution is -0.576. The third-order valence-corrected chi connectivity index (χ3v) is 16.5. The van der Waals surface area contributed by atoms with Crippen LogP contribution >= 0.6 is 26.1 Å². The van der Waals surface area contributed by atoms with Gasteiger partial charge < -0.3 is 0 Å². The van der Waals surface area contributed by atoms with Gasteiger partial charge in [0.25, 0.3) is 0 Å². The van der Waals surface area contributed by atoms with Crippen molar-refractivity contribution in [2.24, 2.45) is 0 Å². The Bertz CT molecular complexity index is 2270. The minimum absolute atomic E-state index is 0.328. The summed E-state index contributed by atoms with van der Waals surface area (Å²) in [5.74, 6) is 2.66. The van der Waals surface area contributed by atoms with Crippen LogP contribution in [-0.2, 0) is 0 Å². The fourth-order valence-electron chi connectivity index (χ4n) is 9.02. The van der Waals surface area contributed by atoms with E-state index in [4.69, 9.17) is 11.2 Å². The molecule has 0 aliphatic heterocycles. The first-order chi connectivity index (χ1) is 28.9. The van der Waals surface area contributed by atoms with E-state index in [1.807, 2.05) is 0 Å². The Hall–Kier alpha value is -3.68. The average molecular weight is 875 g/mol. The fraction of sp³-hybridized carbons (Fsp3) is 0.444. The molecular weight excluding hydrogens is 802 g/mol. The van der Waals surface area contributed by atoms with Gasteiger partial charge in [-0.3, -0.25) is 9.13 Å². The highest BCUT2D eigenvalue weighted by atomic mass is 35.7. The van der Waals surface area contributed by atoms with Gasteiger partial charge in [0.2, 0.25) is 0 Å². The SMILES string of the molecule is CC(C)c1cccc(C(C)C)c1-n1cc[n+](-c2c(C(C)C)cccc2C(C)C)c1P(Cl)P=c1n(-c2c(C(C)C)cccc2C(C)C)ccn1-c1c(C(C)C)cccc1C(C)C. The zero-order chi connectivity index (χ0) is 44.6. The molecule has 0 amide bonds. The highest BCUT2D eigenvalue weighted by molar-refractivity contribution is 8.33. The average Bonchev–Trinajstić information content (AvgIpc) is 3.83. The number of rotatable bonds is 14. The number of benzene rings is 4. The number of hydrogen-bond donors (Lipinski definition) is 0. The Morgan fingerprint density at radius 3 is 0.984 bits per heavy atom. The maximum absolute atomic E-state index is 8.39. The first kappa shape index (κ1) is 46.8. The number of aromatic nitrogens is 4. The largest absolute Gasteiger partial charge is 0.311 e. The van der Waals surface area contributed by atoms with Crippen LogP contribution in [0.3, 0.4) is 0 Å². The molecule has 1 atom stereocenters. The molecule has 61 heavy (non-hydrogen) atoms. The third-order valence-electron chi connectivity index (χ3n) is 12.3. The van der Waals surface area contributed by atoms with E-state index in [9.17, 15) is 0 Å². The van der Waals surface area contributed by atoms with E-state index in [0.717, 1.165) is 13.5 Å². The van der Waals surface area contributed by atoms with Crippen molar-refractivity contribution in [3.05, 3.63) is 147 Å². The molecule has 0 fully saturated rings. The number of halogens is 1. The van der Waals surface area contributed by atoms with E-state index in [0.29, 0.717) is 47.3 Å². The summed E-state index contributed by atoms with van der Waals surface area (Å²) in [6, 6.07) is 27.6. The van der Waals surface area contributed by atoms with Gasteiger partial charge >= 0.3 is 5.57 Å². The Morgan fingerprint density at radius 1 is 0.410 bits per heavy atom. The molecule has 1 unspecified atom stereocenters.